The molecule has 0 aliphatic rings. The Balaban J connectivity index is 1.25. The van der Waals surface area contributed by atoms with Crippen LogP contribution >= 0.6 is 12.2 Å². The number of rotatable bonds is 6. The maximum Gasteiger partial charge on any atom is 0.264 e. The Bertz CT molecular complexity index is 1340. The Kier molecular flexibility index (Phi) is 7.17. The van der Waals surface area contributed by atoms with Gasteiger partial charge in [-0.05, 0) is 77.6 Å². The Labute approximate surface area is 210 Å². The third kappa shape index (κ3) is 6.67. The van der Waals surface area contributed by atoms with Crippen LogP contribution in [0.2, 0.25) is 0 Å². The summed E-state index contributed by atoms with van der Waals surface area (Å²) in [5.74, 6) is 0.976. The number of hydrogen-bond acceptors (Lipinski definition) is 5. The molecule has 0 radical (unpaired) electrons. The highest BCUT2D eigenvalue weighted by atomic mass is 32.1. The molecule has 0 saturated heterocycles. The van der Waals surface area contributed by atoms with Crippen LogP contribution in [0.3, 0.4) is 0 Å². The highest BCUT2D eigenvalue weighted by molar-refractivity contribution is 7.80. The molecule has 1 amide bonds. The minimum atomic E-state index is -0.329. The van der Waals surface area contributed by atoms with Gasteiger partial charge in [0.1, 0.15) is 11.3 Å². The zero-order valence-corrected chi connectivity index (χ0v) is 21.2. The molecule has 0 spiro atoms. The second-order valence-corrected chi connectivity index (χ2v) is 9.93. The highest BCUT2D eigenvalue weighted by Gasteiger charge is 2.13. The number of carbonyl (C=O) groups excluding carboxylic acids is 1. The quantitative estimate of drug-likeness (QED) is 0.329. The van der Waals surface area contributed by atoms with Gasteiger partial charge in [-0.2, -0.15) is 0 Å². The van der Waals surface area contributed by atoms with Crippen molar-refractivity contribution in [3.63, 3.8) is 0 Å². The lowest BCUT2D eigenvalue weighted by Gasteiger charge is -2.19. The fourth-order valence-corrected chi connectivity index (χ4v) is 3.80. The molecule has 4 rings (SSSR count). The molecule has 180 valence electrons. The van der Waals surface area contributed by atoms with Crippen LogP contribution < -0.4 is 15.4 Å². The van der Waals surface area contributed by atoms with Gasteiger partial charge in [-0.25, -0.2) is 4.98 Å². The Morgan fingerprint density at radius 1 is 1.03 bits per heavy atom. The summed E-state index contributed by atoms with van der Waals surface area (Å²) >= 11 is 5.26. The van der Waals surface area contributed by atoms with E-state index in [1.54, 1.807) is 0 Å². The van der Waals surface area contributed by atoms with E-state index in [1.807, 2.05) is 73.7 Å². The van der Waals surface area contributed by atoms with Gasteiger partial charge in [0.25, 0.3) is 5.91 Å². The summed E-state index contributed by atoms with van der Waals surface area (Å²) < 4.78 is 11.4. The van der Waals surface area contributed by atoms with Crippen molar-refractivity contribution in [3.8, 4) is 5.75 Å². The molecule has 0 aliphatic carbocycles. The van der Waals surface area contributed by atoms with E-state index >= 15 is 0 Å². The van der Waals surface area contributed by atoms with E-state index in [9.17, 15) is 4.79 Å². The second kappa shape index (κ2) is 10.3. The summed E-state index contributed by atoms with van der Waals surface area (Å²) in [6, 6.07) is 21.5. The van der Waals surface area contributed by atoms with Crippen LogP contribution in [-0.4, -0.2) is 22.6 Å². The van der Waals surface area contributed by atoms with Crippen molar-refractivity contribution >= 4 is 40.0 Å². The van der Waals surface area contributed by atoms with E-state index in [0.717, 1.165) is 27.9 Å². The molecule has 4 aromatic rings. The molecule has 0 fully saturated rings. The Hall–Kier alpha value is -3.71. The zero-order valence-electron chi connectivity index (χ0n) is 20.3. The van der Waals surface area contributed by atoms with Crippen molar-refractivity contribution in [2.45, 2.75) is 39.5 Å². The highest BCUT2D eigenvalue weighted by Crippen LogP contribution is 2.24. The SMILES string of the molecule is Cc1ccc2oc(Cc3ccc(NC(=S)NC(=O)COc4ccc(C(C)(C)C)cc4)cc3)nc2c1. The molecular formula is C28H29N3O3S. The molecule has 0 unspecified atom stereocenters. The topological polar surface area (TPSA) is 76.4 Å². The molecule has 3 aromatic carbocycles. The van der Waals surface area contributed by atoms with Crippen LogP contribution in [0, 0.1) is 6.92 Å². The first-order valence-corrected chi connectivity index (χ1v) is 11.9. The molecule has 2 N–H and O–H groups in total. The lowest BCUT2D eigenvalue weighted by Crippen LogP contribution is -2.37. The van der Waals surface area contributed by atoms with E-state index in [2.05, 4.69) is 36.4 Å². The molecule has 0 saturated carbocycles. The maximum atomic E-state index is 12.2. The smallest absolute Gasteiger partial charge is 0.264 e. The van der Waals surface area contributed by atoms with Crippen LogP contribution in [0.4, 0.5) is 5.69 Å². The number of aromatic nitrogens is 1. The normalized spacial score (nSPS) is 11.3. The minimum absolute atomic E-state index is 0.0650. The van der Waals surface area contributed by atoms with Crippen molar-refractivity contribution < 1.29 is 13.9 Å². The zero-order chi connectivity index (χ0) is 25.0. The maximum absolute atomic E-state index is 12.2. The molecule has 1 heterocycles. The summed E-state index contributed by atoms with van der Waals surface area (Å²) in [6.45, 7) is 8.36. The van der Waals surface area contributed by atoms with Gasteiger partial charge in [0.2, 0.25) is 0 Å². The third-order valence-electron chi connectivity index (χ3n) is 5.50. The first-order valence-electron chi connectivity index (χ1n) is 11.4. The number of benzene rings is 3. The molecule has 0 bridgehead atoms. The van der Waals surface area contributed by atoms with Gasteiger partial charge < -0.3 is 14.5 Å². The predicted molar refractivity (Wildman–Crippen MR) is 143 cm³/mol. The molecule has 6 nitrogen and oxygen atoms in total. The van der Waals surface area contributed by atoms with E-state index in [1.165, 1.54) is 5.56 Å². The van der Waals surface area contributed by atoms with Gasteiger partial charge in [0, 0.05) is 12.1 Å². The van der Waals surface area contributed by atoms with Crippen molar-refractivity contribution in [2.75, 3.05) is 11.9 Å². The summed E-state index contributed by atoms with van der Waals surface area (Å²) in [5, 5.41) is 5.87. The number of nitrogens with one attached hydrogen (secondary N) is 2. The first kappa shape index (κ1) is 24.4. The largest absolute Gasteiger partial charge is 0.484 e. The molecule has 35 heavy (non-hydrogen) atoms. The minimum Gasteiger partial charge on any atom is -0.484 e. The number of ether oxygens (including phenoxy) is 1. The second-order valence-electron chi connectivity index (χ2n) is 9.52. The van der Waals surface area contributed by atoms with Gasteiger partial charge in [-0.15, -0.1) is 0 Å². The fraction of sp³-hybridized carbons (Fsp3) is 0.250. The Morgan fingerprint density at radius 2 is 1.74 bits per heavy atom. The molecule has 0 aliphatic heterocycles. The fourth-order valence-electron chi connectivity index (χ4n) is 3.57. The van der Waals surface area contributed by atoms with Crippen molar-refractivity contribution in [1.29, 1.82) is 0 Å². The van der Waals surface area contributed by atoms with E-state index in [4.69, 9.17) is 21.4 Å². The number of anilines is 1. The van der Waals surface area contributed by atoms with E-state index in [0.29, 0.717) is 18.1 Å². The van der Waals surface area contributed by atoms with Crippen LogP contribution in [0.1, 0.15) is 43.4 Å². The van der Waals surface area contributed by atoms with Crippen LogP contribution in [0.15, 0.2) is 71.1 Å². The summed E-state index contributed by atoms with van der Waals surface area (Å²) in [6.07, 6.45) is 0.587. The average molecular weight is 488 g/mol. The lowest BCUT2D eigenvalue weighted by atomic mass is 9.87. The number of amides is 1. The van der Waals surface area contributed by atoms with Crippen molar-refractivity contribution in [2.24, 2.45) is 0 Å². The van der Waals surface area contributed by atoms with Crippen LogP contribution in [0.25, 0.3) is 11.1 Å². The number of thiocarbonyl (C=S) groups is 1. The standard InChI is InChI=1S/C28H29N3O3S/c1-18-5-14-24-23(15-18)30-26(34-24)16-19-6-10-21(11-7-19)29-27(35)31-25(32)17-33-22-12-8-20(9-13-22)28(2,3)4/h5-15H,16-17H2,1-4H3,(H2,29,31,32,35). The number of aryl methyl sites for hydroxylation is 1. The molecular weight excluding hydrogens is 458 g/mol. The number of fused-ring (bicyclic) bond motifs is 1. The molecule has 7 heteroatoms. The number of oxazole rings is 1. The van der Waals surface area contributed by atoms with Gasteiger partial charge in [0.15, 0.2) is 23.2 Å². The number of carbonyl (C=O) groups is 1. The molecule has 1 aromatic heterocycles. The molecule has 0 atom stereocenters. The third-order valence-corrected chi connectivity index (χ3v) is 5.70. The van der Waals surface area contributed by atoms with Gasteiger partial charge in [0.05, 0.1) is 0 Å². The Morgan fingerprint density at radius 3 is 2.43 bits per heavy atom. The number of hydrogen-bond donors (Lipinski definition) is 2. The van der Waals surface area contributed by atoms with Crippen LogP contribution in [0.5, 0.6) is 5.75 Å². The van der Waals surface area contributed by atoms with Gasteiger partial charge in [-0.3, -0.25) is 10.1 Å². The summed E-state index contributed by atoms with van der Waals surface area (Å²) in [5.41, 5.74) is 5.90. The lowest BCUT2D eigenvalue weighted by molar-refractivity contribution is -0.121. The van der Waals surface area contributed by atoms with Crippen molar-refractivity contribution in [3.05, 3.63) is 89.3 Å². The van der Waals surface area contributed by atoms with Gasteiger partial charge in [-0.1, -0.05) is 51.1 Å². The first-order chi connectivity index (χ1) is 16.7. The van der Waals surface area contributed by atoms with Crippen LogP contribution in [-0.2, 0) is 16.6 Å². The van der Waals surface area contributed by atoms with Crippen molar-refractivity contribution in [1.82, 2.24) is 10.3 Å². The van der Waals surface area contributed by atoms with E-state index in [-0.39, 0.29) is 23.0 Å². The van der Waals surface area contributed by atoms with E-state index < -0.39 is 0 Å². The number of nitrogens with zero attached hydrogens (tertiary/aromatic N) is 1. The monoisotopic (exact) mass is 487 g/mol. The summed E-state index contributed by atoms with van der Waals surface area (Å²) in [4.78, 5) is 16.8. The average Bonchev–Trinajstić information content (AvgIpc) is 3.20. The van der Waals surface area contributed by atoms with Gasteiger partial charge >= 0.3 is 0 Å². The predicted octanol–water partition coefficient (Wildman–Crippen LogP) is 5.92. The summed E-state index contributed by atoms with van der Waals surface area (Å²) in [7, 11) is 0.